The molecule has 2 rings (SSSR count). The largest absolute Gasteiger partial charge is 2.00 e. The van der Waals surface area contributed by atoms with Gasteiger partial charge in [-0.15, -0.1) is 23.2 Å². The molecule has 2 nitrogen and oxygen atoms in total. The summed E-state index contributed by atoms with van der Waals surface area (Å²) in [5.74, 6) is 0. The van der Waals surface area contributed by atoms with E-state index in [1.165, 1.54) is 0 Å². The summed E-state index contributed by atoms with van der Waals surface area (Å²) in [5, 5.41) is 19.8. The van der Waals surface area contributed by atoms with Gasteiger partial charge in [-0.05, 0) is 21.6 Å². The van der Waals surface area contributed by atoms with Gasteiger partial charge >= 0.3 is 17.1 Å². The molecule has 0 aromatic carbocycles. The maximum atomic E-state index is 10.3. The molecule has 0 unspecified atom stereocenters. The van der Waals surface area contributed by atoms with E-state index < -0.39 is 10.4 Å². The Morgan fingerprint density at radius 3 is 1.06 bits per heavy atom. The van der Waals surface area contributed by atoms with E-state index in [1.807, 2.05) is 0 Å². The van der Waals surface area contributed by atoms with E-state index >= 15 is 0 Å². The van der Waals surface area contributed by atoms with Crippen molar-refractivity contribution in [3.8, 4) is 0 Å². The Kier molecular flexibility index (Phi) is 7.84. The van der Waals surface area contributed by atoms with E-state index in [0.29, 0.717) is 11.1 Å². The Morgan fingerprint density at radius 2 is 0.941 bits per heavy atom. The fourth-order valence-electron chi connectivity index (χ4n) is 1.01. The van der Waals surface area contributed by atoms with Crippen LogP contribution in [-0.4, -0.2) is 0 Å². The normalized spacial score (nSPS) is 14.5. The van der Waals surface area contributed by atoms with Gasteiger partial charge in [0, 0.05) is 0 Å². The van der Waals surface area contributed by atoms with Gasteiger partial charge in [-0.25, -0.2) is 0 Å². The van der Waals surface area contributed by atoms with Gasteiger partial charge in [0.05, 0.1) is 0 Å². The molecule has 0 aromatic rings. The number of hydrogen-bond donors (Lipinski definition) is 0. The zero-order valence-electron chi connectivity index (χ0n) is 8.54. The van der Waals surface area contributed by atoms with Gasteiger partial charge in [0.2, 0.25) is 0 Å². The summed E-state index contributed by atoms with van der Waals surface area (Å²) in [5.41, 5.74) is 1.12. The van der Waals surface area contributed by atoms with E-state index in [1.54, 1.807) is 48.6 Å². The third-order valence-corrected chi connectivity index (χ3v) is 2.22. The molecule has 2 aliphatic carbocycles. The first-order chi connectivity index (χ1) is 7.61. The number of allylic oxidation sites excluding steroid dienone is 10. The minimum atomic E-state index is -0.394. The first-order valence-electron chi connectivity index (χ1n) is 4.44. The van der Waals surface area contributed by atoms with Crippen LogP contribution in [0, 0.1) is 0 Å². The standard InChI is InChI=1S/2C6H5ClO.Fe/c2*7-6(8)5-3-1-2-4-5;/h2*1-4,8H;/q;;+2/p-2. The van der Waals surface area contributed by atoms with E-state index in [9.17, 15) is 10.2 Å². The van der Waals surface area contributed by atoms with Crippen molar-refractivity contribution in [1.82, 2.24) is 0 Å². The second-order valence-corrected chi connectivity index (χ2v) is 3.58. The van der Waals surface area contributed by atoms with Crippen LogP contribution >= 0.6 is 23.2 Å². The summed E-state index contributed by atoms with van der Waals surface area (Å²) >= 11 is 10.2. The van der Waals surface area contributed by atoms with Crippen molar-refractivity contribution in [2.45, 2.75) is 0 Å². The molecule has 17 heavy (non-hydrogen) atoms. The minimum absolute atomic E-state index is 0. The van der Waals surface area contributed by atoms with Gasteiger partial charge in [-0.2, -0.15) is 0 Å². The molecule has 0 fully saturated rings. The molecule has 0 saturated carbocycles. The fourth-order valence-corrected chi connectivity index (χ4v) is 1.26. The maximum absolute atomic E-state index is 10.3. The molecule has 5 heteroatoms. The zero-order chi connectivity index (χ0) is 12.0. The molecule has 0 N–H and O–H groups in total. The Balaban J connectivity index is 0.000000284. The Bertz CT molecular complexity index is 365. The zero-order valence-corrected chi connectivity index (χ0v) is 11.2. The second-order valence-electron chi connectivity index (χ2n) is 2.89. The number of halogens is 2. The average molecular weight is 311 g/mol. The van der Waals surface area contributed by atoms with E-state index in [-0.39, 0.29) is 17.1 Å². The van der Waals surface area contributed by atoms with Crippen LogP contribution in [0.5, 0.6) is 0 Å². The molecule has 0 amide bonds. The molecule has 0 atom stereocenters. The molecule has 0 bridgehead atoms. The SMILES string of the molecule is [Fe+2].[O-]C(Cl)=C1C=CC=C1.[O-]C(Cl)=C1C=CC=C1. The summed E-state index contributed by atoms with van der Waals surface area (Å²) in [6.07, 6.45) is 13.8. The van der Waals surface area contributed by atoms with Crippen molar-refractivity contribution >= 4 is 23.2 Å². The van der Waals surface area contributed by atoms with Gasteiger partial charge in [0.15, 0.2) is 0 Å². The summed E-state index contributed by atoms with van der Waals surface area (Å²) in [4.78, 5) is 0. The molecule has 2 aliphatic rings. The van der Waals surface area contributed by atoms with Crippen molar-refractivity contribution in [3.63, 3.8) is 0 Å². The van der Waals surface area contributed by atoms with Crippen LogP contribution in [0.4, 0.5) is 0 Å². The number of hydrogen-bond acceptors (Lipinski definition) is 2. The predicted molar refractivity (Wildman–Crippen MR) is 62.3 cm³/mol. The van der Waals surface area contributed by atoms with Crippen LogP contribution in [-0.2, 0) is 17.1 Å². The van der Waals surface area contributed by atoms with Gasteiger partial charge < -0.3 is 10.2 Å². The quantitative estimate of drug-likeness (QED) is 0.506. The average Bonchev–Trinajstić information content (AvgIpc) is 2.93. The number of rotatable bonds is 0. The molecule has 0 aliphatic heterocycles. The fraction of sp³-hybridized carbons (Fsp3) is 0. The van der Waals surface area contributed by atoms with Crippen molar-refractivity contribution in [1.29, 1.82) is 0 Å². The first-order valence-corrected chi connectivity index (χ1v) is 5.20. The molecule has 0 spiro atoms. The molecule has 0 radical (unpaired) electrons. The third kappa shape index (κ3) is 5.85. The van der Waals surface area contributed by atoms with Crippen molar-refractivity contribution in [2.75, 3.05) is 0 Å². The molecule has 0 heterocycles. The van der Waals surface area contributed by atoms with Gasteiger partial charge in [-0.1, -0.05) is 48.6 Å². The summed E-state index contributed by atoms with van der Waals surface area (Å²) < 4.78 is 0. The van der Waals surface area contributed by atoms with E-state index in [0.717, 1.165) is 0 Å². The first kappa shape index (κ1) is 16.1. The van der Waals surface area contributed by atoms with Gasteiger partial charge in [0.25, 0.3) is 0 Å². The Morgan fingerprint density at radius 1 is 0.706 bits per heavy atom. The van der Waals surface area contributed by atoms with Crippen LogP contribution in [0.3, 0.4) is 0 Å². The van der Waals surface area contributed by atoms with E-state index in [2.05, 4.69) is 0 Å². The van der Waals surface area contributed by atoms with Gasteiger partial charge in [-0.3, -0.25) is 0 Å². The smallest absolute Gasteiger partial charge is 0.864 e. The second kappa shape index (κ2) is 8.26. The molecular weight excluding hydrogens is 303 g/mol. The summed E-state index contributed by atoms with van der Waals surface area (Å²) in [6, 6.07) is 0. The predicted octanol–water partition coefficient (Wildman–Crippen LogP) is 1.84. The minimum Gasteiger partial charge on any atom is -0.864 e. The van der Waals surface area contributed by atoms with Crippen LogP contribution in [0.25, 0.3) is 0 Å². The van der Waals surface area contributed by atoms with Crippen LogP contribution in [0.2, 0.25) is 0 Å². The van der Waals surface area contributed by atoms with Crippen molar-refractivity contribution in [3.05, 3.63) is 70.2 Å². The molecular formula is C12H8Cl2FeO2. The third-order valence-electron chi connectivity index (χ3n) is 1.78. The van der Waals surface area contributed by atoms with Crippen LogP contribution in [0.15, 0.2) is 70.2 Å². The van der Waals surface area contributed by atoms with Crippen LogP contribution in [0.1, 0.15) is 0 Å². The van der Waals surface area contributed by atoms with Gasteiger partial charge in [0.1, 0.15) is 0 Å². The van der Waals surface area contributed by atoms with Crippen molar-refractivity contribution in [2.24, 2.45) is 0 Å². The van der Waals surface area contributed by atoms with Crippen molar-refractivity contribution < 1.29 is 27.3 Å². The Hall–Kier alpha value is -0.861. The Labute approximate surface area is 120 Å². The molecule has 90 valence electrons. The monoisotopic (exact) mass is 310 g/mol. The summed E-state index contributed by atoms with van der Waals surface area (Å²) in [7, 11) is 0. The maximum Gasteiger partial charge on any atom is 2.00 e. The molecule has 0 saturated heterocycles. The van der Waals surface area contributed by atoms with E-state index in [4.69, 9.17) is 23.2 Å². The topological polar surface area (TPSA) is 46.1 Å². The molecule has 0 aromatic heterocycles. The van der Waals surface area contributed by atoms with Crippen LogP contribution < -0.4 is 10.2 Å². The summed E-state index contributed by atoms with van der Waals surface area (Å²) in [6.45, 7) is 0.